The average Bonchev–Trinajstić information content (AvgIpc) is 2.33. The van der Waals surface area contributed by atoms with Crippen LogP contribution in [0.2, 0.25) is 0 Å². The summed E-state index contributed by atoms with van der Waals surface area (Å²) in [6.45, 7) is 0.948. The quantitative estimate of drug-likeness (QED) is 0.438. The van der Waals surface area contributed by atoms with E-state index in [4.69, 9.17) is 19.8 Å². The predicted octanol–water partition coefficient (Wildman–Crippen LogP) is 1.49. The molecule has 21 heavy (non-hydrogen) atoms. The maximum atomic E-state index is 13.6. The van der Waals surface area contributed by atoms with Crippen LogP contribution in [0.3, 0.4) is 0 Å². The Bertz CT molecular complexity index is 513. The van der Waals surface area contributed by atoms with Gasteiger partial charge in [0.2, 0.25) is 0 Å². The Balaban J connectivity index is 0.000000315. The number of hydrogen-bond donors (Lipinski definition) is 3. The minimum atomic E-state index is -1.82. The van der Waals surface area contributed by atoms with E-state index >= 15 is 0 Å². The van der Waals surface area contributed by atoms with Gasteiger partial charge in [0.15, 0.2) is 17.5 Å². The smallest absolute Gasteiger partial charge is 0.414 e. The lowest BCUT2D eigenvalue weighted by molar-refractivity contribution is -0.159. The van der Waals surface area contributed by atoms with Crippen molar-refractivity contribution in [3.05, 3.63) is 35.1 Å². The summed E-state index contributed by atoms with van der Waals surface area (Å²) in [7, 11) is 0. The van der Waals surface area contributed by atoms with E-state index in [1.54, 1.807) is 0 Å². The average molecular weight is 309 g/mol. The highest BCUT2D eigenvalue weighted by Gasteiger charge is 2.29. The number of carboxylic acids is 2. The van der Waals surface area contributed by atoms with Gasteiger partial charge in [-0.25, -0.2) is 27.2 Å². The summed E-state index contributed by atoms with van der Waals surface area (Å²) in [5, 5.41) is 17.6. The highest BCUT2D eigenvalue weighted by molar-refractivity contribution is 6.27. The zero-order valence-corrected chi connectivity index (χ0v) is 10.4. The van der Waals surface area contributed by atoms with Gasteiger partial charge in [-0.05, 0) is 17.7 Å². The topological polar surface area (TPSA) is 86.6 Å². The first-order valence-electron chi connectivity index (χ1n) is 5.69. The van der Waals surface area contributed by atoms with Crippen LogP contribution in [-0.2, 0) is 9.59 Å². The third kappa shape index (κ3) is 4.42. The van der Waals surface area contributed by atoms with E-state index in [0.717, 1.165) is 0 Å². The lowest BCUT2D eigenvalue weighted by Gasteiger charge is -2.30. The molecule has 0 bridgehead atoms. The van der Waals surface area contributed by atoms with Crippen LogP contribution in [0.4, 0.5) is 17.6 Å². The van der Waals surface area contributed by atoms with Crippen molar-refractivity contribution in [1.29, 1.82) is 0 Å². The third-order valence-corrected chi connectivity index (χ3v) is 2.73. The summed E-state index contributed by atoms with van der Waals surface area (Å²) in [6.07, 6.45) is -1.45. The Hall–Kier alpha value is -2.16. The van der Waals surface area contributed by atoms with Crippen LogP contribution in [0, 0.1) is 23.4 Å². The molecule has 1 aromatic carbocycles. The molecular weight excluding hydrogens is 298 g/mol. The number of benzene rings is 1. The van der Waals surface area contributed by atoms with Crippen LogP contribution < -0.4 is 5.32 Å². The number of alkyl halides is 1. The number of carboxylic acid groups (broad SMARTS) is 2. The Morgan fingerprint density at radius 3 is 1.81 bits per heavy atom. The molecule has 5 nitrogen and oxygen atoms in total. The zero-order valence-electron chi connectivity index (χ0n) is 10.4. The second-order valence-corrected chi connectivity index (χ2v) is 4.23. The fraction of sp³-hybridized carbons (Fsp3) is 0.333. The Morgan fingerprint density at radius 1 is 1.10 bits per heavy atom. The van der Waals surface area contributed by atoms with Gasteiger partial charge in [-0.15, -0.1) is 0 Å². The first-order chi connectivity index (χ1) is 9.73. The second-order valence-electron chi connectivity index (χ2n) is 4.23. The molecule has 1 aliphatic heterocycles. The minimum absolute atomic E-state index is 0.141. The van der Waals surface area contributed by atoms with Crippen molar-refractivity contribution in [2.45, 2.75) is 6.17 Å². The lowest BCUT2D eigenvalue weighted by atomic mass is 9.92. The van der Waals surface area contributed by atoms with E-state index in [0.29, 0.717) is 25.2 Å². The molecule has 0 radical (unpaired) electrons. The Labute approximate surface area is 116 Å². The van der Waals surface area contributed by atoms with Crippen LogP contribution in [0.25, 0.3) is 0 Å². The molecule has 1 fully saturated rings. The Morgan fingerprint density at radius 2 is 1.52 bits per heavy atom. The van der Waals surface area contributed by atoms with Crippen molar-refractivity contribution in [1.82, 2.24) is 5.32 Å². The lowest BCUT2D eigenvalue weighted by Crippen LogP contribution is -2.44. The van der Waals surface area contributed by atoms with E-state index in [1.807, 2.05) is 0 Å². The molecule has 3 N–H and O–H groups in total. The second kappa shape index (κ2) is 7.02. The predicted molar refractivity (Wildman–Crippen MR) is 61.8 cm³/mol. The van der Waals surface area contributed by atoms with Gasteiger partial charge < -0.3 is 15.5 Å². The van der Waals surface area contributed by atoms with Crippen LogP contribution in [0.5, 0.6) is 0 Å². The van der Waals surface area contributed by atoms with E-state index < -0.39 is 35.6 Å². The molecule has 1 saturated heterocycles. The van der Waals surface area contributed by atoms with Crippen molar-refractivity contribution in [2.75, 3.05) is 13.1 Å². The van der Waals surface area contributed by atoms with Gasteiger partial charge in [-0.2, -0.15) is 0 Å². The molecule has 2 rings (SSSR count). The molecule has 0 amide bonds. The molecule has 1 aromatic rings. The normalized spacial score (nSPS) is 15.4. The van der Waals surface area contributed by atoms with Crippen LogP contribution in [0.1, 0.15) is 11.7 Å². The number of carbonyl (C=O) groups is 2. The fourth-order valence-electron chi connectivity index (χ4n) is 1.52. The monoisotopic (exact) mass is 309 g/mol. The molecule has 0 spiro atoms. The Kier molecular flexibility index (Phi) is 5.65. The van der Waals surface area contributed by atoms with Gasteiger partial charge in [0.05, 0.1) is 0 Å². The number of hydrogen-bond acceptors (Lipinski definition) is 3. The summed E-state index contributed by atoms with van der Waals surface area (Å²) >= 11 is 0. The third-order valence-electron chi connectivity index (χ3n) is 2.73. The zero-order chi connectivity index (χ0) is 16.2. The van der Waals surface area contributed by atoms with Gasteiger partial charge in [0, 0.05) is 19.0 Å². The summed E-state index contributed by atoms with van der Waals surface area (Å²) in [4.78, 5) is 18.2. The molecule has 0 aliphatic carbocycles. The highest BCUT2D eigenvalue weighted by atomic mass is 19.2. The number of rotatable bonds is 2. The largest absolute Gasteiger partial charge is 0.473 e. The SMILES string of the molecule is Fc1cc(C(F)C2CNC2)cc(F)c1F.O=C(O)C(=O)O. The van der Waals surface area contributed by atoms with Crippen molar-refractivity contribution < 1.29 is 37.4 Å². The number of aliphatic carboxylic acids is 2. The van der Waals surface area contributed by atoms with E-state index in [2.05, 4.69) is 5.32 Å². The van der Waals surface area contributed by atoms with Crippen molar-refractivity contribution in [3.8, 4) is 0 Å². The summed E-state index contributed by atoms with van der Waals surface area (Å²) in [6, 6.07) is 1.42. The fourth-order valence-corrected chi connectivity index (χ4v) is 1.52. The summed E-state index contributed by atoms with van der Waals surface area (Å²) in [5.41, 5.74) is -0.141. The molecule has 1 aliphatic rings. The van der Waals surface area contributed by atoms with Crippen LogP contribution in [0.15, 0.2) is 12.1 Å². The molecule has 1 unspecified atom stereocenters. The van der Waals surface area contributed by atoms with Crippen molar-refractivity contribution in [2.24, 2.45) is 5.92 Å². The molecule has 1 atom stereocenters. The molecule has 9 heteroatoms. The molecule has 0 saturated carbocycles. The molecular formula is C12H11F4NO4. The standard InChI is InChI=1S/C10H9F4N.C2H2O4/c11-7-1-5(2-8(12)10(7)14)9(13)6-3-15-4-6;3-1(4)2(5)6/h1-2,6,9,15H,3-4H2;(H,3,4)(H,5,6). The number of halogens is 4. The molecule has 116 valence electrons. The molecule has 0 aromatic heterocycles. The van der Waals surface area contributed by atoms with E-state index in [9.17, 15) is 17.6 Å². The van der Waals surface area contributed by atoms with E-state index in [-0.39, 0.29) is 11.5 Å². The number of nitrogens with one attached hydrogen (secondary N) is 1. The minimum Gasteiger partial charge on any atom is -0.473 e. The van der Waals surface area contributed by atoms with Gasteiger partial charge in [-0.3, -0.25) is 0 Å². The van der Waals surface area contributed by atoms with Crippen LogP contribution in [-0.4, -0.2) is 35.2 Å². The van der Waals surface area contributed by atoms with E-state index in [1.165, 1.54) is 0 Å². The maximum absolute atomic E-state index is 13.6. The van der Waals surface area contributed by atoms with Crippen LogP contribution >= 0.6 is 0 Å². The first-order valence-corrected chi connectivity index (χ1v) is 5.69. The van der Waals surface area contributed by atoms with Gasteiger partial charge in [-0.1, -0.05) is 0 Å². The molecule has 1 heterocycles. The van der Waals surface area contributed by atoms with Gasteiger partial charge >= 0.3 is 11.9 Å². The van der Waals surface area contributed by atoms with Gasteiger partial charge in [0.1, 0.15) is 6.17 Å². The van der Waals surface area contributed by atoms with Crippen molar-refractivity contribution in [3.63, 3.8) is 0 Å². The van der Waals surface area contributed by atoms with Crippen molar-refractivity contribution >= 4 is 11.9 Å². The summed E-state index contributed by atoms with van der Waals surface area (Å²) < 4.78 is 51.7. The maximum Gasteiger partial charge on any atom is 0.414 e. The highest BCUT2D eigenvalue weighted by Crippen LogP contribution is 2.30. The summed E-state index contributed by atoms with van der Waals surface area (Å²) in [5.74, 6) is -8.18. The van der Waals surface area contributed by atoms with Gasteiger partial charge in [0.25, 0.3) is 0 Å². The first kappa shape index (κ1) is 16.9.